The van der Waals surface area contributed by atoms with Crippen LogP contribution in [0.5, 0.6) is 0 Å². The number of aliphatic hydroxyl groups excluding tert-OH is 1. The van der Waals surface area contributed by atoms with Crippen molar-refractivity contribution >= 4 is 17.7 Å². The van der Waals surface area contributed by atoms with Gasteiger partial charge in [-0.1, -0.05) is 0 Å². The number of carbonyl (C=O) groups excluding carboxylic acids is 3. The molecule has 1 saturated heterocycles. The van der Waals surface area contributed by atoms with Crippen LogP contribution in [0.1, 0.15) is 26.7 Å². The van der Waals surface area contributed by atoms with Gasteiger partial charge in [0.25, 0.3) is 0 Å². The van der Waals surface area contributed by atoms with E-state index in [1.165, 1.54) is 4.90 Å². The number of hydrogen-bond acceptors (Lipinski definition) is 5. The van der Waals surface area contributed by atoms with Gasteiger partial charge in [-0.3, -0.25) is 24.6 Å². The third kappa shape index (κ3) is 4.57. The third-order valence-corrected chi connectivity index (χ3v) is 3.59. The molecule has 0 aromatic rings. The fourth-order valence-electron chi connectivity index (χ4n) is 1.83. The Labute approximate surface area is 118 Å². The molecule has 0 aromatic carbocycles. The smallest absolute Gasteiger partial charge is 0.246 e. The monoisotopic (exact) mass is 285 g/mol. The van der Waals surface area contributed by atoms with Gasteiger partial charge in [0.1, 0.15) is 0 Å². The van der Waals surface area contributed by atoms with Gasteiger partial charge in [-0.05, 0) is 27.3 Å². The molecule has 7 heteroatoms. The summed E-state index contributed by atoms with van der Waals surface area (Å²) in [5.41, 5.74) is -0.536. The predicted molar refractivity (Wildman–Crippen MR) is 72.8 cm³/mol. The lowest BCUT2D eigenvalue weighted by Gasteiger charge is -2.33. The highest BCUT2D eigenvalue weighted by molar-refractivity contribution is 5.98. The molecule has 1 rings (SSSR count). The topological polar surface area (TPSA) is 90.0 Å². The number of nitrogens with one attached hydrogen (secondary N) is 1. The van der Waals surface area contributed by atoms with Crippen LogP contribution in [0.15, 0.2) is 0 Å². The van der Waals surface area contributed by atoms with E-state index in [9.17, 15) is 19.5 Å². The lowest BCUT2D eigenvalue weighted by Crippen LogP contribution is -2.50. The highest BCUT2D eigenvalue weighted by Crippen LogP contribution is 2.10. The Hall–Kier alpha value is -1.47. The number of likely N-dealkylation sites (N-methyl/N-ethyl adjacent to an activating group) is 1. The minimum atomic E-state index is -0.536. The summed E-state index contributed by atoms with van der Waals surface area (Å²) >= 11 is 0. The summed E-state index contributed by atoms with van der Waals surface area (Å²) in [6.45, 7) is 4.01. The number of imide groups is 1. The van der Waals surface area contributed by atoms with E-state index < -0.39 is 17.4 Å². The van der Waals surface area contributed by atoms with E-state index in [1.54, 1.807) is 25.8 Å². The fraction of sp³-hybridized carbons (Fsp3) is 0.769. The van der Waals surface area contributed by atoms with Gasteiger partial charge in [0.15, 0.2) is 0 Å². The number of aliphatic hydroxyl groups is 1. The number of nitrogens with zero attached hydrogens (tertiary/aromatic N) is 2. The zero-order valence-corrected chi connectivity index (χ0v) is 12.3. The molecule has 114 valence electrons. The number of carbonyl (C=O) groups is 3. The maximum Gasteiger partial charge on any atom is 0.246 e. The Kier molecular flexibility index (Phi) is 5.64. The minimum Gasteiger partial charge on any atom is -0.394 e. The Morgan fingerprint density at radius 1 is 1.40 bits per heavy atom. The summed E-state index contributed by atoms with van der Waals surface area (Å²) in [4.78, 5) is 37.9. The van der Waals surface area contributed by atoms with Crippen molar-refractivity contribution in [1.82, 2.24) is 15.1 Å². The largest absolute Gasteiger partial charge is 0.394 e. The van der Waals surface area contributed by atoms with Crippen molar-refractivity contribution in [3.8, 4) is 0 Å². The Morgan fingerprint density at radius 2 is 2.05 bits per heavy atom. The van der Waals surface area contributed by atoms with Crippen molar-refractivity contribution < 1.29 is 19.5 Å². The molecule has 0 aliphatic carbocycles. The average Bonchev–Trinajstić information content (AvgIpc) is 2.74. The van der Waals surface area contributed by atoms with E-state index in [2.05, 4.69) is 5.32 Å². The first-order valence-electron chi connectivity index (χ1n) is 6.69. The van der Waals surface area contributed by atoms with E-state index in [4.69, 9.17) is 0 Å². The highest BCUT2D eigenvalue weighted by atomic mass is 16.3. The fourth-order valence-corrected chi connectivity index (χ4v) is 1.83. The molecule has 3 amide bonds. The summed E-state index contributed by atoms with van der Waals surface area (Å²) in [5, 5.41) is 11.5. The minimum absolute atomic E-state index is 0.00719. The molecular weight excluding hydrogens is 262 g/mol. The van der Waals surface area contributed by atoms with Crippen LogP contribution in [0, 0.1) is 0 Å². The first-order chi connectivity index (χ1) is 9.26. The van der Waals surface area contributed by atoms with Crippen LogP contribution in [0.25, 0.3) is 0 Å². The normalized spacial score (nSPS) is 15.8. The zero-order chi connectivity index (χ0) is 15.3. The Morgan fingerprint density at radius 3 is 2.55 bits per heavy atom. The molecule has 1 aliphatic rings. The summed E-state index contributed by atoms with van der Waals surface area (Å²) in [6.07, 6.45) is 1.22. The molecule has 0 spiro atoms. The van der Waals surface area contributed by atoms with Crippen LogP contribution in [-0.4, -0.2) is 71.5 Å². The van der Waals surface area contributed by atoms with Gasteiger partial charge in [-0.15, -0.1) is 0 Å². The molecule has 0 atom stereocenters. The van der Waals surface area contributed by atoms with E-state index in [0.29, 0.717) is 13.0 Å². The van der Waals surface area contributed by atoms with Gasteiger partial charge in [-0.25, -0.2) is 0 Å². The van der Waals surface area contributed by atoms with Crippen LogP contribution in [0.2, 0.25) is 0 Å². The van der Waals surface area contributed by atoms with Crippen molar-refractivity contribution in [2.45, 2.75) is 32.2 Å². The molecule has 0 radical (unpaired) electrons. The molecule has 1 fully saturated rings. The summed E-state index contributed by atoms with van der Waals surface area (Å²) in [6, 6.07) is 0. The van der Waals surface area contributed by atoms with E-state index in [1.807, 2.05) is 0 Å². The molecular formula is C13H23N3O4. The molecule has 0 saturated carbocycles. The van der Waals surface area contributed by atoms with Crippen molar-refractivity contribution in [3.05, 3.63) is 0 Å². The van der Waals surface area contributed by atoms with Crippen LogP contribution in [0.3, 0.4) is 0 Å². The molecule has 0 aromatic heterocycles. The second-order valence-electron chi connectivity index (χ2n) is 5.72. The van der Waals surface area contributed by atoms with Gasteiger partial charge in [-0.2, -0.15) is 0 Å². The molecule has 0 unspecified atom stereocenters. The molecule has 1 aliphatic heterocycles. The first-order valence-corrected chi connectivity index (χ1v) is 6.69. The van der Waals surface area contributed by atoms with Crippen LogP contribution in [-0.2, 0) is 14.4 Å². The molecule has 0 bridgehead atoms. The van der Waals surface area contributed by atoms with E-state index in [-0.39, 0.29) is 25.6 Å². The standard InChI is InChI=1S/C13H23N3O4/c1-13(2,9-17)15(3)7-10(18)14-11(19)8-16-6-4-5-12(16)20/h17H,4-9H2,1-3H3,(H,14,18,19). The predicted octanol–water partition coefficient (Wildman–Crippen LogP) is -1.05. The van der Waals surface area contributed by atoms with Crippen molar-refractivity contribution in [1.29, 1.82) is 0 Å². The highest BCUT2D eigenvalue weighted by Gasteiger charge is 2.26. The lowest BCUT2D eigenvalue weighted by atomic mass is 10.1. The third-order valence-electron chi connectivity index (χ3n) is 3.59. The van der Waals surface area contributed by atoms with E-state index >= 15 is 0 Å². The zero-order valence-electron chi connectivity index (χ0n) is 12.3. The summed E-state index contributed by atoms with van der Waals surface area (Å²) in [7, 11) is 1.70. The second-order valence-corrected chi connectivity index (χ2v) is 5.72. The van der Waals surface area contributed by atoms with Gasteiger partial charge in [0.2, 0.25) is 17.7 Å². The van der Waals surface area contributed by atoms with Crippen LogP contribution >= 0.6 is 0 Å². The van der Waals surface area contributed by atoms with Gasteiger partial charge < -0.3 is 10.0 Å². The quantitative estimate of drug-likeness (QED) is 0.650. The number of likely N-dealkylation sites (tertiary alicyclic amines) is 1. The SMILES string of the molecule is CN(CC(=O)NC(=O)CN1CCCC1=O)C(C)(C)CO. The Balaban J connectivity index is 2.38. The van der Waals surface area contributed by atoms with E-state index in [0.717, 1.165) is 6.42 Å². The van der Waals surface area contributed by atoms with Gasteiger partial charge in [0.05, 0.1) is 19.7 Å². The van der Waals surface area contributed by atoms with Crippen molar-refractivity contribution in [2.24, 2.45) is 0 Å². The average molecular weight is 285 g/mol. The van der Waals surface area contributed by atoms with Crippen LogP contribution < -0.4 is 5.32 Å². The lowest BCUT2D eigenvalue weighted by molar-refractivity contribution is -0.136. The summed E-state index contributed by atoms with van der Waals surface area (Å²) in [5.74, 6) is -0.961. The molecule has 2 N–H and O–H groups in total. The van der Waals surface area contributed by atoms with Crippen LogP contribution in [0.4, 0.5) is 0 Å². The molecule has 20 heavy (non-hydrogen) atoms. The van der Waals surface area contributed by atoms with Gasteiger partial charge in [0, 0.05) is 18.5 Å². The Bertz CT molecular complexity index is 395. The molecule has 7 nitrogen and oxygen atoms in total. The van der Waals surface area contributed by atoms with Gasteiger partial charge >= 0.3 is 0 Å². The van der Waals surface area contributed by atoms with Crippen molar-refractivity contribution in [2.75, 3.05) is 33.3 Å². The number of rotatable bonds is 6. The maximum absolute atomic E-state index is 11.7. The summed E-state index contributed by atoms with van der Waals surface area (Å²) < 4.78 is 0. The number of hydrogen-bond donors (Lipinski definition) is 2. The maximum atomic E-state index is 11.7. The second kappa shape index (κ2) is 6.81. The first kappa shape index (κ1) is 16.6. The van der Waals surface area contributed by atoms with Crippen molar-refractivity contribution in [3.63, 3.8) is 0 Å². The molecule has 1 heterocycles. The number of amides is 3.